The summed E-state index contributed by atoms with van der Waals surface area (Å²) in [5, 5.41) is 3.61. The van der Waals surface area contributed by atoms with Crippen molar-refractivity contribution in [2.45, 2.75) is 11.3 Å². The molecule has 1 rings (SSSR count). The van der Waals surface area contributed by atoms with Crippen molar-refractivity contribution in [2.24, 2.45) is 0 Å². The fraction of sp³-hybridized carbons (Fsp3) is 0.400. The van der Waals surface area contributed by atoms with Crippen molar-refractivity contribution in [3.8, 4) is 0 Å². The van der Waals surface area contributed by atoms with E-state index in [0.717, 1.165) is 17.9 Å². The molecule has 0 aliphatic heterocycles. The zero-order valence-electron chi connectivity index (χ0n) is 8.13. The molecule has 0 saturated carbocycles. The van der Waals surface area contributed by atoms with E-state index in [1.807, 2.05) is 25.2 Å². The van der Waals surface area contributed by atoms with Crippen LogP contribution >= 0.6 is 11.6 Å². The summed E-state index contributed by atoms with van der Waals surface area (Å²) < 4.78 is 11.7. The van der Waals surface area contributed by atoms with Crippen LogP contribution in [-0.2, 0) is 10.8 Å². The smallest absolute Gasteiger partial charge is 0.0574 e. The Morgan fingerprint density at radius 3 is 2.79 bits per heavy atom. The maximum absolute atomic E-state index is 11.7. The van der Waals surface area contributed by atoms with Crippen LogP contribution in [0.25, 0.3) is 0 Å². The van der Waals surface area contributed by atoms with E-state index in [9.17, 15) is 4.21 Å². The van der Waals surface area contributed by atoms with Crippen LogP contribution in [0.5, 0.6) is 0 Å². The van der Waals surface area contributed by atoms with Gasteiger partial charge in [-0.25, -0.2) is 0 Å². The number of hydrogen-bond acceptors (Lipinski definition) is 2. The van der Waals surface area contributed by atoms with Crippen molar-refractivity contribution in [2.75, 3.05) is 19.3 Å². The minimum absolute atomic E-state index is 0.593. The van der Waals surface area contributed by atoms with Crippen molar-refractivity contribution in [3.05, 3.63) is 29.3 Å². The predicted octanol–water partition coefficient (Wildman–Crippen LogP) is 2.06. The first-order chi connectivity index (χ1) is 6.75. The second-order valence-electron chi connectivity index (χ2n) is 2.94. The number of hydrogen-bond donors (Lipinski definition) is 1. The highest BCUT2D eigenvalue weighted by Crippen LogP contribution is 2.19. The second kappa shape index (κ2) is 6.17. The molecule has 0 amide bonds. The lowest BCUT2D eigenvalue weighted by Crippen LogP contribution is -2.11. The van der Waals surface area contributed by atoms with Gasteiger partial charge in [-0.3, -0.25) is 4.21 Å². The van der Waals surface area contributed by atoms with E-state index in [2.05, 4.69) is 5.32 Å². The Morgan fingerprint density at radius 1 is 1.43 bits per heavy atom. The van der Waals surface area contributed by atoms with Gasteiger partial charge in [0.2, 0.25) is 0 Å². The first-order valence-corrected chi connectivity index (χ1v) is 6.23. The molecule has 1 N–H and O–H groups in total. The molecule has 14 heavy (non-hydrogen) atoms. The number of rotatable bonds is 5. The quantitative estimate of drug-likeness (QED) is 0.786. The molecule has 1 aromatic carbocycles. The molecule has 0 aromatic heterocycles. The van der Waals surface area contributed by atoms with Crippen LogP contribution in [-0.4, -0.2) is 23.6 Å². The van der Waals surface area contributed by atoms with E-state index >= 15 is 0 Å². The van der Waals surface area contributed by atoms with E-state index in [0.29, 0.717) is 10.8 Å². The molecule has 0 fully saturated rings. The minimum Gasteiger partial charge on any atom is -0.320 e. The van der Waals surface area contributed by atoms with E-state index < -0.39 is 10.8 Å². The van der Waals surface area contributed by atoms with E-state index in [-0.39, 0.29) is 0 Å². The molecule has 0 bridgehead atoms. The molecule has 1 atom stereocenters. The summed E-state index contributed by atoms with van der Waals surface area (Å²) in [5.74, 6) is 0.657. The molecule has 2 nitrogen and oxygen atoms in total. The normalized spacial score (nSPS) is 12.7. The highest BCUT2D eigenvalue weighted by molar-refractivity contribution is 7.85. The maximum Gasteiger partial charge on any atom is 0.0574 e. The number of benzene rings is 1. The molecular weight excluding hydrogens is 218 g/mol. The highest BCUT2D eigenvalue weighted by atomic mass is 35.5. The van der Waals surface area contributed by atoms with Crippen LogP contribution < -0.4 is 5.32 Å². The van der Waals surface area contributed by atoms with Gasteiger partial charge in [0, 0.05) is 5.75 Å². The molecule has 4 heteroatoms. The first-order valence-electron chi connectivity index (χ1n) is 4.53. The summed E-state index contributed by atoms with van der Waals surface area (Å²) >= 11 is 5.92. The average Bonchev–Trinajstić information content (AvgIpc) is 2.18. The summed E-state index contributed by atoms with van der Waals surface area (Å²) in [4.78, 5) is 0.741. The van der Waals surface area contributed by atoms with Crippen LogP contribution in [0, 0.1) is 0 Å². The standard InChI is InChI=1S/C10H14ClNOS/c1-12-7-4-8-14(13)10-6-3-2-5-9(10)11/h2-3,5-6,12H,4,7-8H2,1H3. The molecule has 0 aliphatic carbocycles. The summed E-state index contributed by atoms with van der Waals surface area (Å²) in [6, 6.07) is 7.29. The first kappa shape index (κ1) is 11.7. The van der Waals surface area contributed by atoms with Gasteiger partial charge in [0.1, 0.15) is 0 Å². The SMILES string of the molecule is CNCCCS(=O)c1ccccc1Cl. The van der Waals surface area contributed by atoms with Crippen molar-refractivity contribution >= 4 is 22.4 Å². The van der Waals surface area contributed by atoms with Gasteiger partial charge in [-0.05, 0) is 32.1 Å². The van der Waals surface area contributed by atoms with Crippen molar-refractivity contribution < 1.29 is 4.21 Å². The Bertz CT molecular complexity index is 317. The molecule has 0 radical (unpaired) electrons. The van der Waals surface area contributed by atoms with Gasteiger partial charge in [-0.15, -0.1) is 0 Å². The van der Waals surface area contributed by atoms with Gasteiger partial charge in [0.05, 0.1) is 20.7 Å². The molecule has 78 valence electrons. The van der Waals surface area contributed by atoms with Crippen LogP contribution in [0.1, 0.15) is 6.42 Å². The number of nitrogens with one attached hydrogen (secondary N) is 1. The maximum atomic E-state index is 11.7. The van der Waals surface area contributed by atoms with Crippen LogP contribution in [0.2, 0.25) is 5.02 Å². The molecule has 1 unspecified atom stereocenters. The topological polar surface area (TPSA) is 29.1 Å². The lowest BCUT2D eigenvalue weighted by atomic mass is 10.4. The lowest BCUT2D eigenvalue weighted by molar-refractivity contribution is 0.677. The Labute approximate surface area is 92.1 Å². The molecule has 0 spiro atoms. The van der Waals surface area contributed by atoms with Gasteiger partial charge in [-0.2, -0.15) is 0 Å². The van der Waals surface area contributed by atoms with Gasteiger partial charge >= 0.3 is 0 Å². The van der Waals surface area contributed by atoms with Gasteiger partial charge in [0.15, 0.2) is 0 Å². The Hall–Kier alpha value is -0.380. The molecule has 0 heterocycles. The molecule has 0 saturated heterocycles. The van der Waals surface area contributed by atoms with E-state index in [1.165, 1.54) is 0 Å². The van der Waals surface area contributed by atoms with E-state index in [1.54, 1.807) is 6.07 Å². The molecule has 0 aliphatic rings. The minimum atomic E-state index is -0.968. The zero-order valence-corrected chi connectivity index (χ0v) is 9.70. The summed E-state index contributed by atoms with van der Waals surface area (Å²) in [6.45, 7) is 0.885. The third-order valence-electron chi connectivity index (χ3n) is 1.84. The van der Waals surface area contributed by atoms with Gasteiger partial charge in [-0.1, -0.05) is 23.7 Å². The predicted molar refractivity (Wildman–Crippen MR) is 61.3 cm³/mol. The van der Waals surface area contributed by atoms with Crippen LogP contribution in [0.15, 0.2) is 29.2 Å². The highest BCUT2D eigenvalue weighted by Gasteiger charge is 2.06. The fourth-order valence-corrected chi connectivity index (χ4v) is 2.66. The van der Waals surface area contributed by atoms with Crippen molar-refractivity contribution in [3.63, 3.8) is 0 Å². The largest absolute Gasteiger partial charge is 0.320 e. The van der Waals surface area contributed by atoms with Gasteiger partial charge < -0.3 is 5.32 Å². The summed E-state index contributed by atoms with van der Waals surface area (Å²) in [7, 11) is 0.919. The van der Waals surface area contributed by atoms with Crippen LogP contribution in [0.3, 0.4) is 0 Å². The Balaban J connectivity index is 2.56. The summed E-state index contributed by atoms with van der Waals surface area (Å²) in [5.41, 5.74) is 0. The van der Waals surface area contributed by atoms with Crippen molar-refractivity contribution in [1.82, 2.24) is 5.32 Å². The van der Waals surface area contributed by atoms with Crippen LogP contribution in [0.4, 0.5) is 0 Å². The lowest BCUT2D eigenvalue weighted by Gasteiger charge is -2.03. The third kappa shape index (κ3) is 3.40. The zero-order chi connectivity index (χ0) is 10.4. The average molecular weight is 232 g/mol. The molecule has 1 aromatic rings. The van der Waals surface area contributed by atoms with E-state index in [4.69, 9.17) is 11.6 Å². The second-order valence-corrected chi connectivity index (χ2v) is 4.88. The monoisotopic (exact) mass is 231 g/mol. The third-order valence-corrected chi connectivity index (χ3v) is 3.79. The van der Waals surface area contributed by atoms with Crippen molar-refractivity contribution in [1.29, 1.82) is 0 Å². The fourth-order valence-electron chi connectivity index (χ4n) is 1.12. The Kier molecular flexibility index (Phi) is 5.15. The summed E-state index contributed by atoms with van der Waals surface area (Å²) in [6.07, 6.45) is 0.897. The Morgan fingerprint density at radius 2 is 2.14 bits per heavy atom. The number of halogens is 1. The molecular formula is C10H14ClNOS. The van der Waals surface area contributed by atoms with Gasteiger partial charge in [0.25, 0.3) is 0 Å².